The third kappa shape index (κ3) is 24.0. The second-order valence-electron chi connectivity index (χ2n) is 28.1. The molecule has 0 aromatic carbocycles. The fourth-order valence-electron chi connectivity index (χ4n) is 11.7. The molecular formula is C67H118N12O15. The molecule has 1 rings (SSSR count). The number of ether oxygens (including phenoxy) is 1. The fourth-order valence-corrected chi connectivity index (χ4v) is 11.7. The third-order valence-electron chi connectivity index (χ3n) is 17.5. The van der Waals surface area contributed by atoms with Gasteiger partial charge >= 0.3 is 0 Å². The molecule has 536 valence electrons. The molecule has 1 unspecified atom stereocenters. The maximum atomic E-state index is 15.3. The predicted molar refractivity (Wildman–Crippen MR) is 359 cm³/mol. The van der Waals surface area contributed by atoms with E-state index in [9.17, 15) is 39.2 Å². The lowest BCUT2D eigenvalue weighted by Gasteiger charge is -2.41. The molecule has 1 aliphatic rings. The van der Waals surface area contributed by atoms with Crippen molar-refractivity contribution in [3.8, 4) is 0 Å². The molecule has 1 fully saturated rings. The van der Waals surface area contributed by atoms with E-state index in [1.165, 1.54) is 88.9 Å². The molecule has 0 bridgehead atoms. The van der Waals surface area contributed by atoms with Gasteiger partial charge in [0, 0.05) is 67.1 Å². The summed E-state index contributed by atoms with van der Waals surface area (Å²) in [6.07, 6.45) is 2.97. The van der Waals surface area contributed by atoms with Crippen LogP contribution in [0.4, 0.5) is 0 Å². The monoisotopic (exact) mass is 1330 g/mol. The van der Waals surface area contributed by atoms with Crippen molar-refractivity contribution in [3.05, 3.63) is 34.9 Å². The molecule has 1 heterocycles. The first-order valence-electron chi connectivity index (χ1n) is 33.1. The lowest BCUT2D eigenvalue weighted by molar-refractivity contribution is -0.481. The van der Waals surface area contributed by atoms with Crippen molar-refractivity contribution in [2.75, 3.05) is 62.5 Å². The lowest BCUT2D eigenvalue weighted by Crippen LogP contribution is -2.64. The molecular weight excluding hydrogens is 1210 g/mol. The van der Waals surface area contributed by atoms with E-state index in [-0.39, 0.29) is 62.9 Å². The van der Waals surface area contributed by atoms with Crippen molar-refractivity contribution in [1.82, 2.24) is 55.6 Å². The molecule has 5 N–H and O–H groups in total. The number of nitrogens with one attached hydrogen (secondary N) is 4. The second-order valence-corrected chi connectivity index (χ2v) is 28.1. The number of carbonyl (C=O) groups is 11. The van der Waals surface area contributed by atoms with Gasteiger partial charge in [0.15, 0.2) is 0 Å². The number of nitrogens with zero attached hydrogens (tertiary/aromatic N) is 8. The standard InChI is InChI=1S/C67H118N12O15/c1-26-29-30-43(14)55(80)54-59(84)70-46(28-3)61(86)72(19)47(31-32-79(92)93)62(87)76(23)51(37-67(17,18)94-33-27-2)58(83)71-52(41(10)11)65(90)73(20)48(34-38(4)5)57(82)68-44(15)56(81)69-45(16)60(85)74(21)49(35-39(6)7)63(88)75(22)50(36-40(8)9)64(89)77(24)53(42(12)13)66(91)78(54)25/h26-27,29,38-55,80H,2,28,30-37H2,1,3-25H3,(H,68,82)(H,69,81)(H,70,84)(H,71,83)/t43-,44+,45-,46+,47?,48+,49+,50+,51+,52+,53+,54+,55-/m1/s1. The summed E-state index contributed by atoms with van der Waals surface area (Å²) in [6, 6.07) is -15.3. The summed E-state index contributed by atoms with van der Waals surface area (Å²) in [4.78, 5) is 183. The summed E-state index contributed by atoms with van der Waals surface area (Å²) in [5, 5.41) is 35.2. The molecule has 0 aromatic rings. The van der Waals surface area contributed by atoms with E-state index >= 15 is 28.8 Å². The highest BCUT2D eigenvalue weighted by Gasteiger charge is 2.47. The highest BCUT2D eigenvalue weighted by Crippen LogP contribution is 2.27. The average Bonchev–Trinajstić information content (AvgIpc) is 0.810. The molecule has 1 saturated heterocycles. The Kier molecular flexibility index (Phi) is 34.8. The average molecular weight is 1330 g/mol. The van der Waals surface area contributed by atoms with Gasteiger partial charge in [0.1, 0.15) is 66.5 Å². The van der Waals surface area contributed by atoms with Crippen molar-refractivity contribution in [1.29, 1.82) is 0 Å². The predicted octanol–water partition coefficient (Wildman–Crippen LogP) is 3.63. The zero-order valence-corrected chi connectivity index (χ0v) is 60.9. The van der Waals surface area contributed by atoms with E-state index in [0.717, 1.165) is 14.7 Å². The number of rotatable bonds is 21. The number of hydrogen-bond acceptors (Lipinski definition) is 15. The van der Waals surface area contributed by atoms with Crippen LogP contribution in [0.3, 0.4) is 0 Å². The van der Waals surface area contributed by atoms with Gasteiger partial charge in [-0.25, -0.2) is 0 Å². The Balaban J connectivity index is 4.61. The summed E-state index contributed by atoms with van der Waals surface area (Å²) < 4.78 is 6.05. The van der Waals surface area contributed by atoms with Gasteiger partial charge in [-0.05, 0) is 102 Å². The fraction of sp³-hybridized carbons (Fsp3) is 0.776. The van der Waals surface area contributed by atoms with Crippen LogP contribution in [0, 0.1) is 45.6 Å². The number of hydrogen-bond donors (Lipinski definition) is 5. The van der Waals surface area contributed by atoms with Gasteiger partial charge in [-0.3, -0.25) is 62.9 Å². The molecule has 11 amide bonds. The normalized spacial score (nSPS) is 26.3. The summed E-state index contributed by atoms with van der Waals surface area (Å²) in [5.41, 5.74) is -1.20. The van der Waals surface area contributed by atoms with Gasteiger partial charge in [-0.2, -0.15) is 0 Å². The molecule has 0 radical (unpaired) electrons. The van der Waals surface area contributed by atoms with E-state index < -0.39 is 179 Å². The van der Waals surface area contributed by atoms with Crippen molar-refractivity contribution in [3.63, 3.8) is 0 Å². The van der Waals surface area contributed by atoms with Crippen molar-refractivity contribution < 1.29 is 67.5 Å². The van der Waals surface area contributed by atoms with E-state index in [1.807, 2.05) is 41.5 Å². The zero-order valence-electron chi connectivity index (χ0n) is 60.9. The van der Waals surface area contributed by atoms with Crippen LogP contribution < -0.4 is 21.3 Å². The first-order chi connectivity index (χ1) is 43.4. The van der Waals surface area contributed by atoms with Crippen LogP contribution in [-0.4, -0.2) is 250 Å². The SMILES string of the molecule is C=CCOC(C)(C)C[C@H]1C(=O)N[C@@H](C(C)C)C(=O)N(C)[C@@H](CC(C)C)C(=O)N[C@@H](C)C(=O)N[C@H](C)C(=O)N(C)[C@@H](CC(C)C)C(=O)N(C)[C@@H](CC(C)C)C(=O)N(C)[C@@H](C(C)C)C(=O)N(C)[C@@H]([C@H](O)[C@H](C)CC=CC)C(=O)N[C@@H](CC)C(=O)N(C)C(CC[N+](=O)[O-])C(=O)N1C. The minimum absolute atomic E-state index is 0.0150. The number of carbonyl (C=O) groups excluding carboxylic acids is 11. The Morgan fingerprint density at radius 3 is 1.46 bits per heavy atom. The first kappa shape index (κ1) is 85.0. The van der Waals surface area contributed by atoms with Crippen molar-refractivity contribution >= 4 is 65.0 Å². The van der Waals surface area contributed by atoms with Gasteiger partial charge in [-0.15, -0.1) is 6.58 Å². The molecule has 0 aliphatic carbocycles. The summed E-state index contributed by atoms with van der Waals surface area (Å²) in [5.74, 6) is -11.3. The third-order valence-corrected chi connectivity index (χ3v) is 17.5. The van der Waals surface area contributed by atoms with Crippen LogP contribution in [0.5, 0.6) is 0 Å². The van der Waals surface area contributed by atoms with Crippen LogP contribution in [0.15, 0.2) is 24.8 Å². The van der Waals surface area contributed by atoms with Crippen molar-refractivity contribution in [2.45, 2.75) is 241 Å². The number of aliphatic hydroxyl groups excluding tert-OH is 1. The first-order valence-corrected chi connectivity index (χ1v) is 33.1. The number of allylic oxidation sites excluding steroid dienone is 2. The summed E-state index contributed by atoms with van der Waals surface area (Å²) in [7, 11) is 9.41. The molecule has 0 aromatic heterocycles. The number of amides is 11. The number of nitro groups is 1. The number of likely N-dealkylation sites (N-methyl/N-ethyl adjacent to an activating group) is 7. The molecule has 13 atom stereocenters. The second kappa shape index (κ2) is 38.5. The molecule has 0 saturated carbocycles. The Morgan fingerprint density at radius 1 is 0.553 bits per heavy atom. The van der Waals surface area contributed by atoms with Gasteiger partial charge in [0.25, 0.3) is 0 Å². The molecule has 1 aliphatic heterocycles. The van der Waals surface area contributed by atoms with Gasteiger partial charge in [-0.1, -0.05) is 101 Å². The summed E-state index contributed by atoms with van der Waals surface area (Å²) in [6.45, 7) is 31.7. The Hall–Kier alpha value is -7.03. The van der Waals surface area contributed by atoms with Gasteiger partial charge in [0.05, 0.1) is 18.3 Å². The highest BCUT2D eigenvalue weighted by molar-refractivity contribution is 6.00. The lowest BCUT2D eigenvalue weighted by atomic mass is 9.91. The number of aliphatic hydroxyl groups is 1. The Morgan fingerprint density at radius 2 is 0.989 bits per heavy atom. The van der Waals surface area contributed by atoms with E-state index in [4.69, 9.17) is 4.74 Å². The Bertz CT molecular complexity index is 2650. The minimum Gasteiger partial charge on any atom is -0.390 e. The molecule has 27 nitrogen and oxygen atoms in total. The van der Waals surface area contributed by atoms with Crippen LogP contribution in [0.1, 0.15) is 163 Å². The van der Waals surface area contributed by atoms with Crippen LogP contribution in [-0.2, 0) is 57.5 Å². The largest absolute Gasteiger partial charge is 0.390 e. The van der Waals surface area contributed by atoms with Crippen molar-refractivity contribution in [2.24, 2.45) is 35.5 Å². The van der Waals surface area contributed by atoms with E-state index in [0.29, 0.717) is 0 Å². The van der Waals surface area contributed by atoms with Gasteiger partial charge in [0.2, 0.25) is 71.5 Å². The maximum Gasteiger partial charge on any atom is 0.246 e. The van der Waals surface area contributed by atoms with E-state index in [1.54, 1.807) is 74.5 Å². The molecule has 94 heavy (non-hydrogen) atoms. The minimum atomic E-state index is -1.73. The van der Waals surface area contributed by atoms with Crippen LogP contribution in [0.2, 0.25) is 0 Å². The van der Waals surface area contributed by atoms with E-state index in [2.05, 4.69) is 27.8 Å². The molecule has 27 heteroatoms. The Labute approximate surface area is 559 Å². The summed E-state index contributed by atoms with van der Waals surface area (Å²) >= 11 is 0. The smallest absolute Gasteiger partial charge is 0.246 e. The molecule has 0 spiro atoms. The topological polar surface area (TPSA) is 331 Å². The zero-order chi connectivity index (χ0) is 72.9. The quantitative estimate of drug-likeness (QED) is 0.0623. The maximum absolute atomic E-state index is 15.3. The van der Waals surface area contributed by atoms with Gasteiger partial charge < -0.3 is 65.4 Å². The van der Waals surface area contributed by atoms with Crippen LogP contribution in [0.25, 0.3) is 0 Å². The van der Waals surface area contributed by atoms with Crippen LogP contribution >= 0.6 is 0 Å². The highest BCUT2D eigenvalue weighted by atomic mass is 16.6.